The van der Waals surface area contributed by atoms with E-state index in [1.807, 2.05) is 0 Å². The van der Waals surface area contributed by atoms with Gasteiger partial charge in [0.2, 0.25) is 0 Å². The van der Waals surface area contributed by atoms with Gasteiger partial charge in [0.25, 0.3) is 0 Å². The number of unbranched alkanes of at least 4 members (excludes halogenated alkanes) is 7. The van der Waals surface area contributed by atoms with E-state index in [0.29, 0.717) is 6.42 Å². The Morgan fingerprint density at radius 1 is 1.12 bits per heavy atom. The molecule has 0 aromatic carbocycles. The maximum absolute atomic E-state index is 12.1. The third-order valence-electron chi connectivity index (χ3n) is 4.97. The lowest BCUT2D eigenvalue weighted by molar-refractivity contribution is -0.137. The number of carboxylic acids is 1. The maximum atomic E-state index is 12.1. The number of hydrogen-bond donors (Lipinski definition) is 2. The predicted molar refractivity (Wildman–Crippen MR) is 95.8 cm³/mol. The van der Waals surface area contributed by atoms with Crippen molar-refractivity contribution in [3.63, 3.8) is 0 Å². The third kappa shape index (κ3) is 8.09. The minimum absolute atomic E-state index is 0.0253. The number of carboxylic acid groups (broad SMARTS) is 1. The lowest BCUT2D eigenvalue weighted by Crippen LogP contribution is -2.18. The first-order valence-corrected chi connectivity index (χ1v) is 9.65. The van der Waals surface area contributed by atoms with Gasteiger partial charge in [-0.2, -0.15) is 0 Å². The molecule has 1 aliphatic rings. The van der Waals surface area contributed by atoms with E-state index >= 15 is 0 Å². The Morgan fingerprint density at radius 3 is 2.54 bits per heavy atom. The van der Waals surface area contributed by atoms with E-state index < -0.39 is 12.1 Å². The van der Waals surface area contributed by atoms with Gasteiger partial charge in [0.1, 0.15) is 5.78 Å². The van der Waals surface area contributed by atoms with E-state index in [0.717, 1.165) is 32.1 Å². The van der Waals surface area contributed by atoms with Crippen molar-refractivity contribution in [2.75, 3.05) is 0 Å². The second kappa shape index (κ2) is 12.2. The summed E-state index contributed by atoms with van der Waals surface area (Å²) in [6, 6.07) is 0. The fraction of sp³-hybridized carbons (Fsp3) is 0.800. The van der Waals surface area contributed by atoms with Crippen molar-refractivity contribution in [3.05, 3.63) is 12.2 Å². The number of Topliss-reactive ketones (excluding diaryl/α,β-unsaturated/α-hetero) is 1. The number of aliphatic carboxylic acids is 1. The van der Waals surface area contributed by atoms with Crippen molar-refractivity contribution in [1.29, 1.82) is 0 Å². The number of hydrogen-bond acceptors (Lipinski definition) is 3. The molecule has 24 heavy (non-hydrogen) atoms. The summed E-state index contributed by atoms with van der Waals surface area (Å²) in [7, 11) is 0. The summed E-state index contributed by atoms with van der Waals surface area (Å²) in [6.45, 7) is 2.20. The van der Waals surface area contributed by atoms with Gasteiger partial charge in [0.15, 0.2) is 0 Å². The van der Waals surface area contributed by atoms with Crippen molar-refractivity contribution < 1.29 is 19.8 Å². The molecule has 4 nitrogen and oxygen atoms in total. The molecule has 0 bridgehead atoms. The maximum Gasteiger partial charge on any atom is 0.303 e. The lowest BCUT2D eigenvalue weighted by Gasteiger charge is -2.17. The molecule has 0 radical (unpaired) electrons. The molecule has 0 aliphatic heterocycles. The SMILES string of the molecule is CCCCCCC=C[C@@H]1C(CCCCCCC(=O)O)C(=O)C[C@H]1O. The van der Waals surface area contributed by atoms with Gasteiger partial charge in [-0.3, -0.25) is 9.59 Å². The van der Waals surface area contributed by atoms with Crippen LogP contribution < -0.4 is 0 Å². The Hall–Kier alpha value is -1.16. The number of aliphatic hydroxyl groups excluding tert-OH is 1. The first-order valence-electron chi connectivity index (χ1n) is 9.65. The molecule has 1 saturated carbocycles. The van der Waals surface area contributed by atoms with E-state index in [1.54, 1.807) is 0 Å². The van der Waals surface area contributed by atoms with E-state index in [4.69, 9.17) is 5.11 Å². The molecule has 0 amide bonds. The summed E-state index contributed by atoms with van der Waals surface area (Å²) in [5.41, 5.74) is 0. The molecule has 1 rings (SSSR count). The van der Waals surface area contributed by atoms with Gasteiger partial charge in [-0.15, -0.1) is 0 Å². The smallest absolute Gasteiger partial charge is 0.303 e. The number of carbonyl (C=O) groups is 2. The molecule has 1 fully saturated rings. The molecule has 4 heteroatoms. The number of rotatable bonds is 13. The molecule has 0 spiro atoms. The van der Waals surface area contributed by atoms with Crippen LogP contribution >= 0.6 is 0 Å². The Kier molecular flexibility index (Phi) is 10.6. The molecule has 0 aromatic rings. The monoisotopic (exact) mass is 338 g/mol. The van der Waals surface area contributed by atoms with Crippen molar-refractivity contribution in [1.82, 2.24) is 0 Å². The molecule has 0 heterocycles. The highest BCUT2D eigenvalue weighted by Crippen LogP contribution is 2.34. The Bertz CT molecular complexity index is 402. The van der Waals surface area contributed by atoms with Crippen LogP contribution in [0.2, 0.25) is 0 Å². The number of aliphatic hydroxyl groups is 1. The topological polar surface area (TPSA) is 74.6 Å². The quantitative estimate of drug-likeness (QED) is 0.383. The van der Waals surface area contributed by atoms with E-state index in [2.05, 4.69) is 19.1 Å². The van der Waals surface area contributed by atoms with Crippen molar-refractivity contribution >= 4 is 11.8 Å². The van der Waals surface area contributed by atoms with Crippen LogP contribution in [0, 0.1) is 11.8 Å². The van der Waals surface area contributed by atoms with E-state index in [9.17, 15) is 14.7 Å². The normalized spacial score (nSPS) is 24.1. The van der Waals surface area contributed by atoms with Crippen LogP contribution in [0.15, 0.2) is 12.2 Å². The fourth-order valence-electron chi connectivity index (χ4n) is 3.53. The van der Waals surface area contributed by atoms with Gasteiger partial charge >= 0.3 is 5.97 Å². The van der Waals surface area contributed by atoms with Gasteiger partial charge in [-0.05, 0) is 25.7 Å². The first-order chi connectivity index (χ1) is 11.6. The van der Waals surface area contributed by atoms with Crippen LogP contribution in [0.3, 0.4) is 0 Å². The van der Waals surface area contributed by atoms with E-state index in [-0.39, 0.29) is 30.5 Å². The summed E-state index contributed by atoms with van der Waals surface area (Å²) in [4.78, 5) is 22.6. The summed E-state index contributed by atoms with van der Waals surface area (Å²) < 4.78 is 0. The Morgan fingerprint density at radius 2 is 1.83 bits per heavy atom. The number of carbonyl (C=O) groups excluding carboxylic acids is 1. The van der Waals surface area contributed by atoms with Crippen molar-refractivity contribution in [2.24, 2.45) is 11.8 Å². The van der Waals surface area contributed by atoms with Gasteiger partial charge in [-0.1, -0.05) is 57.6 Å². The third-order valence-corrected chi connectivity index (χ3v) is 4.97. The zero-order valence-corrected chi connectivity index (χ0v) is 15.1. The van der Waals surface area contributed by atoms with Crippen LogP contribution in [-0.4, -0.2) is 28.1 Å². The largest absolute Gasteiger partial charge is 0.481 e. The molecule has 0 aromatic heterocycles. The standard InChI is InChI=1S/C20H34O4/c1-2-3-4-5-6-9-12-16-17(19(22)15-18(16)21)13-10-7-8-11-14-20(23)24/h9,12,16-18,21H,2-8,10-11,13-15H2,1H3,(H,23,24)/t16-,17?,18-/m1/s1. The van der Waals surface area contributed by atoms with Crippen LogP contribution in [0.4, 0.5) is 0 Å². The molecule has 1 aliphatic carbocycles. The zero-order valence-electron chi connectivity index (χ0n) is 15.1. The number of ketones is 1. The summed E-state index contributed by atoms with van der Waals surface area (Å²) in [6.07, 6.45) is 14.4. The molecule has 2 N–H and O–H groups in total. The second-order valence-corrected chi connectivity index (χ2v) is 7.05. The summed E-state index contributed by atoms with van der Waals surface area (Å²) >= 11 is 0. The zero-order chi connectivity index (χ0) is 17.8. The van der Waals surface area contributed by atoms with Gasteiger partial charge < -0.3 is 10.2 Å². The van der Waals surface area contributed by atoms with Gasteiger partial charge in [0, 0.05) is 24.7 Å². The molecule has 138 valence electrons. The average Bonchev–Trinajstić information content (AvgIpc) is 2.80. The van der Waals surface area contributed by atoms with Crippen LogP contribution in [0.25, 0.3) is 0 Å². The molecular weight excluding hydrogens is 304 g/mol. The first kappa shape index (κ1) is 20.9. The highest BCUT2D eigenvalue weighted by Gasteiger charge is 2.39. The van der Waals surface area contributed by atoms with E-state index in [1.165, 1.54) is 25.7 Å². The minimum Gasteiger partial charge on any atom is -0.481 e. The molecule has 3 atom stereocenters. The highest BCUT2D eigenvalue weighted by atomic mass is 16.4. The summed E-state index contributed by atoms with van der Waals surface area (Å²) in [5.74, 6) is -0.629. The van der Waals surface area contributed by atoms with Crippen molar-refractivity contribution in [3.8, 4) is 0 Å². The van der Waals surface area contributed by atoms with Gasteiger partial charge in [0.05, 0.1) is 6.10 Å². The predicted octanol–water partition coefficient (Wildman–Crippen LogP) is 4.50. The van der Waals surface area contributed by atoms with Gasteiger partial charge in [-0.25, -0.2) is 0 Å². The Balaban J connectivity index is 2.30. The molecule has 1 unspecified atom stereocenters. The highest BCUT2D eigenvalue weighted by molar-refractivity contribution is 5.84. The fourth-order valence-corrected chi connectivity index (χ4v) is 3.53. The average molecular weight is 338 g/mol. The number of allylic oxidation sites excluding steroid dienone is 1. The van der Waals surface area contributed by atoms with Crippen LogP contribution in [0.1, 0.15) is 84.0 Å². The van der Waals surface area contributed by atoms with Crippen LogP contribution in [-0.2, 0) is 9.59 Å². The second-order valence-electron chi connectivity index (χ2n) is 7.05. The van der Waals surface area contributed by atoms with Crippen molar-refractivity contribution in [2.45, 2.75) is 90.1 Å². The lowest BCUT2D eigenvalue weighted by atomic mass is 9.88. The minimum atomic E-state index is -0.742. The molecule has 0 saturated heterocycles. The summed E-state index contributed by atoms with van der Waals surface area (Å²) in [5, 5.41) is 18.7. The Labute approximate surface area is 146 Å². The van der Waals surface area contributed by atoms with Crippen LogP contribution in [0.5, 0.6) is 0 Å². The molecular formula is C20H34O4.